The number of morpholine rings is 1. The van der Waals surface area contributed by atoms with Crippen LogP contribution < -0.4 is 10.2 Å². The summed E-state index contributed by atoms with van der Waals surface area (Å²) in [5, 5.41) is 2.30. The molecule has 0 atom stereocenters. The molecule has 1 aliphatic heterocycles. The van der Waals surface area contributed by atoms with Gasteiger partial charge < -0.3 is 15.0 Å². The lowest BCUT2D eigenvalue weighted by Crippen LogP contribution is -2.41. The molecule has 1 amide bonds. The predicted molar refractivity (Wildman–Crippen MR) is 105 cm³/mol. The summed E-state index contributed by atoms with van der Waals surface area (Å²) < 4.78 is 74.1. The smallest absolute Gasteiger partial charge is 0.255 e. The van der Waals surface area contributed by atoms with Gasteiger partial charge >= 0.3 is 0 Å². The number of hydrogen-bond acceptors (Lipinski definition) is 5. The summed E-state index contributed by atoms with van der Waals surface area (Å²) in [7, 11) is -1.24. The van der Waals surface area contributed by atoms with Crippen LogP contribution in [0, 0.1) is 17.5 Å². The van der Waals surface area contributed by atoms with Gasteiger partial charge in [0.1, 0.15) is 16.4 Å². The standard InChI is InChI=1S/C19H20F3N3O4S/c1-24(2)18-15(21)10-13(11-16(18)22)23-19(26)12-3-4-14(20)17(9-12)30(27,28)25-5-7-29-8-6-25/h3-4,9-11H,5-8H2,1-2H3,(H,23,26). The maximum atomic E-state index is 14.3. The second-order valence-corrected chi connectivity index (χ2v) is 8.71. The van der Waals surface area contributed by atoms with Gasteiger partial charge in [-0.1, -0.05) is 0 Å². The van der Waals surface area contributed by atoms with Crippen LogP contribution in [0.3, 0.4) is 0 Å². The molecule has 1 N–H and O–H groups in total. The van der Waals surface area contributed by atoms with Crippen molar-refractivity contribution in [3.8, 4) is 0 Å². The fourth-order valence-electron chi connectivity index (χ4n) is 3.04. The van der Waals surface area contributed by atoms with E-state index in [0.29, 0.717) is 0 Å². The van der Waals surface area contributed by atoms with E-state index in [1.54, 1.807) is 0 Å². The van der Waals surface area contributed by atoms with E-state index in [9.17, 15) is 26.4 Å². The van der Waals surface area contributed by atoms with E-state index in [4.69, 9.17) is 4.74 Å². The highest BCUT2D eigenvalue weighted by atomic mass is 32.2. The minimum absolute atomic E-state index is 0.0645. The number of halogens is 3. The molecule has 7 nitrogen and oxygen atoms in total. The fraction of sp³-hybridized carbons (Fsp3) is 0.316. The number of nitrogens with zero attached hydrogens (tertiary/aromatic N) is 2. The van der Waals surface area contributed by atoms with Crippen molar-refractivity contribution in [2.24, 2.45) is 0 Å². The fourth-order valence-corrected chi connectivity index (χ4v) is 4.53. The zero-order valence-electron chi connectivity index (χ0n) is 16.3. The summed E-state index contributed by atoms with van der Waals surface area (Å²) in [6.07, 6.45) is 0. The van der Waals surface area contributed by atoms with Gasteiger partial charge in [0.05, 0.1) is 13.2 Å². The van der Waals surface area contributed by atoms with Crippen molar-refractivity contribution in [2.45, 2.75) is 4.90 Å². The van der Waals surface area contributed by atoms with E-state index in [0.717, 1.165) is 34.6 Å². The highest BCUT2D eigenvalue weighted by molar-refractivity contribution is 7.89. The van der Waals surface area contributed by atoms with Crippen LogP contribution in [-0.2, 0) is 14.8 Å². The zero-order valence-corrected chi connectivity index (χ0v) is 17.1. The first kappa shape index (κ1) is 22.1. The van der Waals surface area contributed by atoms with Crippen LogP contribution >= 0.6 is 0 Å². The first-order valence-corrected chi connectivity index (χ1v) is 10.4. The molecule has 0 aliphatic carbocycles. The molecule has 3 rings (SSSR count). The molecule has 0 bridgehead atoms. The lowest BCUT2D eigenvalue weighted by atomic mass is 10.2. The van der Waals surface area contributed by atoms with Gasteiger partial charge in [-0.2, -0.15) is 4.31 Å². The Balaban J connectivity index is 1.88. The van der Waals surface area contributed by atoms with Crippen molar-refractivity contribution in [1.29, 1.82) is 0 Å². The maximum absolute atomic E-state index is 14.3. The second kappa shape index (κ2) is 8.62. The van der Waals surface area contributed by atoms with Crippen LogP contribution in [0.2, 0.25) is 0 Å². The van der Waals surface area contributed by atoms with Crippen LogP contribution in [0.15, 0.2) is 35.2 Å². The number of sulfonamides is 1. The largest absolute Gasteiger partial charge is 0.379 e. The van der Waals surface area contributed by atoms with Crippen molar-refractivity contribution < 1.29 is 31.1 Å². The van der Waals surface area contributed by atoms with Gasteiger partial charge in [0.15, 0.2) is 11.6 Å². The Morgan fingerprint density at radius 2 is 1.63 bits per heavy atom. The van der Waals surface area contributed by atoms with Crippen molar-refractivity contribution >= 4 is 27.3 Å². The Kier molecular flexibility index (Phi) is 6.34. The molecule has 1 heterocycles. The van der Waals surface area contributed by atoms with Gasteiger partial charge in [0.25, 0.3) is 5.91 Å². The van der Waals surface area contributed by atoms with Gasteiger partial charge in [0, 0.05) is 38.4 Å². The van der Waals surface area contributed by atoms with Gasteiger partial charge in [-0.05, 0) is 30.3 Å². The van der Waals surface area contributed by atoms with E-state index >= 15 is 0 Å². The minimum atomic E-state index is -4.18. The Labute approximate surface area is 172 Å². The van der Waals surface area contributed by atoms with E-state index in [-0.39, 0.29) is 43.2 Å². The monoisotopic (exact) mass is 443 g/mol. The molecule has 1 fully saturated rings. The molecule has 1 saturated heterocycles. The van der Waals surface area contributed by atoms with Crippen molar-refractivity contribution in [1.82, 2.24) is 4.31 Å². The molecule has 162 valence electrons. The van der Waals surface area contributed by atoms with Crippen LogP contribution in [0.1, 0.15) is 10.4 Å². The lowest BCUT2D eigenvalue weighted by molar-refractivity contribution is 0.0729. The van der Waals surface area contributed by atoms with Crippen LogP contribution in [0.25, 0.3) is 0 Å². The molecule has 2 aromatic carbocycles. The zero-order chi connectivity index (χ0) is 22.1. The first-order chi connectivity index (χ1) is 14.1. The molecule has 0 radical (unpaired) electrons. The van der Waals surface area contributed by atoms with E-state index < -0.39 is 38.3 Å². The molecule has 0 spiro atoms. The molecule has 0 saturated carbocycles. The van der Waals surface area contributed by atoms with Crippen molar-refractivity contribution in [3.05, 3.63) is 53.3 Å². The third kappa shape index (κ3) is 4.42. The van der Waals surface area contributed by atoms with Crippen molar-refractivity contribution in [2.75, 3.05) is 50.6 Å². The number of carbonyl (C=O) groups excluding carboxylic acids is 1. The summed E-state index contributed by atoms with van der Waals surface area (Å²) in [6, 6.07) is 4.72. The van der Waals surface area contributed by atoms with Crippen molar-refractivity contribution in [3.63, 3.8) is 0 Å². The number of hydrogen-bond donors (Lipinski definition) is 1. The minimum Gasteiger partial charge on any atom is -0.379 e. The molecular weight excluding hydrogens is 423 g/mol. The lowest BCUT2D eigenvalue weighted by Gasteiger charge is -2.26. The van der Waals surface area contributed by atoms with Gasteiger partial charge in [-0.15, -0.1) is 0 Å². The normalized spacial score (nSPS) is 15.1. The number of amides is 1. The maximum Gasteiger partial charge on any atom is 0.255 e. The highest BCUT2D eigenvalue weighted by Crippen LogP contribution is 2.27. The SMILES string of the molecule is CN(C)c1c(F)cc(NC(=O)c2ccc(F)c(S(=O)(=O)N3CCOCC3)c2)cc1F. The highest BCUT2D eigenvalue weighted by Gasteiger charge is 2.30. The average Bonchev–Trinajstić information content (AvgIpc) is 2.68. The van der Waals surface area contributed by atoms with Crippen LogP contribution in [0.5, 0.6) is 0 Å². The van der Waals surface area contributed by atoms with E-state index in [1.807, 2.05) is 0 Å². The number of anilines is 2. The summed E-state index contributed by atoms with van der Waals surface area (Å²) in [5.74, 6) is -3.62. The molecule has 0 unspecified atom stereocenters. The summed E-state index contributed by atoms with van der Waals surface area (Å²) in [5.41, 5.74) is -0.614. The summed E-state index contributed by atoms with van der Waals surface area (Å²) >= 11 is 0. The quantitative estimate of drug-likeness (QED) is 0.768. The first-order valence-electron chi connectivity index (χ1n) is 8.96. The third-order valence-corrected chi connectivity index (χ3v) is 6.42. The predicted octanol–water partition coefficient (Wildman–Crippen LogP) is 2.44. The molecule has 2 aromatic rings. The number of rotatable bonds is 5. The molecule has 11 heteroatoms. The topological polar surface area (TPSA) is 79.0 Å². The Bertz CT molecular complexity index is 1050. The summed E-state index contributed by atoms with van der Waals surface area (Å²) in [6.45, 7) is 0.492. The number of nitrogens with one attached hydrogen (secondary N) is 1. The van der Waals surface area contributed by atoms with Crippen LogP contribution in [-0.4, -0.2) is 59.0 Å². The van der Waals surface area contributed by atoms with Gasteiger partial charge in [-0.3, -0.25) is 4.79 Å². The van der Waals surface area contributed by atoms with E-state index in [2.05, 4.69) is 5.32 Å². The van der Waals surface area contributed by atoms with Crippen LogP contribution in [0.4, 0.5) is 24.5 Å². The molecular formula is C19H20F3N3O4S. The molecule has 30 heavy (non-hydrogen) atoms. The van der Waals surface area contributed by atoms with Gasteiger partial charge in [-0.25, -0.2) is 21.6 Å². The molecule has 0 aromatic heterocycles. The Hall–Kier alpha value is -2.63. The molecule has 1 aliphatic rings. The Morgan fingerprint density at radius 3 is 2.20 bits per heavy atom. The Morgan fingerprint density at radius 1 is 1.03 bits per heavy atom. The number of ether oxygens (including phenoxy) is 1. The number of carbonyl (C=O) groups is 1. The van der Waals surface area contributed by atoms with E-state index in [1.165, 1.54) is 19.0 Å². The number of benzene rings is 2. The average molecular weight is 443 g/mol. The summed E-state index contributed by atoms with van der Waals surface area (Å²) in [4.78, 5) is 13.1. The third-order valence-electron chi connectivity index (χ3n) is 4.50. The second-order valence-electron chi connectivity index (χ2n) is 6.80. The van der Waals surface area contributed by atoms with Gasteiger partial charge in [0.2, 0.25) is 10.0 Å².